The molecule has 9 heteroatoms. The molecule has 6 rings (SSSR count). The van der Waals surface area contributed by atoms with E-state index in [2.05, 4.69) is 27.0 Å². The number of thiazole rings is 1. The van der Waals surface area contributed by atoms with Gasteiger partial charge in [-0.05, 0) is 66.8 Å². The van der Waals surface area contributed by atoms with Gasteiger partial charge in [0, 0.05) is 17.4 Å². The highest BCUT2D eigenvalue weighted by Crippen LogP contribution is 2.45. The van der Waals surface area contributed by atoms with Crippen molar-refractivity contribution in [3.05, 3.63) is 102 Å². The number of pyridine rings is 1. The molecule has 0 bridgehead atoms. The Hall–Kier alpha value is -3.46. The highest BCUT2D eigenvalue weighted by Gasteiger charge is 2.43. The summed E-state index contributed by atoms with van der Waals surface area (Å²) in [6.07, 6.45) is 3.77. The topological polar surface area (TPSA) is 66.2 Å². The molecule has 4 heterocycles. The summed E-state index contributed by atoms with van der Waals surface area (Å²) in [6.45, 7) is 0. The Balaban J connectivity index is 1.54. The number of halogens is 1. The van der Waals surface area contributed by atoms with Crippen molar-refractivity contribution in [2.75, 3.05) is 4.90 Å². The minimum Gasteiger partial charge on any atom is -0.506 e. The predicted molar refractivity (Wildman–Crippen MR) is 140 cm³/mol. The summed E-state index contributed by atoms with van der Waals surface area (Å²) in [5.74, 6) is 0.0957. The number of benzene rings is 2. The molecular formula is C25H18ClN5OS2. The molecule has 6 nitrogen and oxygen atoms in total. The first-order chi connectivity index (χ1) is 16.6. The van der Waals surface area contributed by atoms with Crippen LogP contribution in [0.1, 0.15) is 23.5 Å². The zero-order valence-electron chi connectivity index (χ0n) is 17.7. The van der Waals surface area contributed by atoms with E-state index in [1.165, 1.54) is 0 Å². The molecule has 1 saturated heterocycles. The van der Waals surface area contributed by atoms with E-state index in [0.717, 1.165) is 26.7 Å². The van der Waals surface area contributed by atoms with Crippen LogP contribution >= 0.6 is 35.2 Å². The standard InChI is InChI=1S/C25H18ClN5OS2/c26-15-10-11-20(32)19(14-15)31-23(22(29-24(31)33)17-7-3-4-12-27-17)18-8-5-13-30(18)25-28-16-6-1-2-9-21(16)34-25/h1-14,22-23,32H,(H,29,33)/t22-,23-/m1/s1. The fourth-order valence-corrected chi connectivity index (χ4v) is 5.85. The van der Waals surface area contributed by atoms with E-state index >= 15 is 0 Å². The summed E-state index contributed by atoms with van der Waals surface area (Å²) in [7, 11) is 0. The second-order valence-corrected chi connectivity index (χ2v) is 9.73. The Labute approximate surface area is 210 Å². The van der Waals surface area contributed by atoms with Gasteiger partial charge in [0.05, 0.1) is 33.3 Å². The van der Waals surface area contributed by atoms with Crippen molar-refractivity contribution in [3.8, 4) is 10.9 Å². The van der Waals surface area contributed by atoms with Crippen LogP contribution in [0.15, 0.2) is 85.2 Å². The summed E-state index contributed by atoms with van der Waals surface area (Å²) in [4.78, 5) is 11.4. The van der Waals surface area contributed by atoms with Gasteiger partial charge in [-0.1, -0.05) is 41.1 Å². The lowest BCUT2D eigenvalue weighted by atomic mass is 10.0. The molecule has 2 N–H and O–H groups in total. The molecule has 0 spiro atoms. The van der Waals surface area contributed by atoms with Crippen molar-refractivity contribution in [1.29, 1.82) is 0 Å². The van der Waals surface area contributed by atoms with Crippen LogP contribution in [0.3, 0.4) is 0 Å². The number of hydrogen-bond donors (Lipinski definition) is 2. The first-order valence-corrected chi connectivity index (χ1v) is 12.2. The van der Waals surface area contributed by atoms with E-state index in [1.54, 1.807) is 35.7 Å². The quantitative estimate of drug-likeness (QED) is 0.292. The number of phenols is 1. The molecule has 168 valence electrons. The van der Waals surface area contributed by atoms with E-state index in [0.29, 0.717) is 15.8 Å². The minimum absolute atomic E-state index is 0.0957. The first kappa shape index (κ1) is 21.1. The van der Waals surface area contributed by atoms with Gasteiger partial charge in [0.15, 0.2) is 10.2 Å². The minimum atomic E-state index is -0.311. The maximum absolute atomic E-state index is 10.7. The van der Waals surface area contributed by atoms with E-state index < -0.39 is 0 Å². The average molecular weight is 504 g/mol. The lowest BCUT2D eigenvalue weighted by molar-refractivity contribution is 0.472. The summed E-state index contributed by atoms with van der Waals surface area (Å²) in [5.41, 5.74) is 3.29. The molecule has 0 unspecified atom stereocenters. The van der Waals surface area contributed by atoms with Crippen molar-refractivity contribution in [2.24, 2.45) is 0 Å². The van der Waals surface area contributed by atoms with Crippen molar-refractivity contribution in [2.45, 2.75) is 12.1 Å². The number of aromatic nitrogens is 3. The predicted octanol–water partition coefficient (Wildman–Crippen LogP) is 6.02. The third-order valence-corrected chi connectivity index (χ3v) is 7.45. The highest BCUT2D eigenvalue weighted by atomic mass is 35.5. The van der Waals surface area contributed by atoms with E-state index in [1.807, 2.05) is 53.6 Å². The third-order valence-electron chi connectivity index (χ3n) is 5.87. The molecule has 1 aliphatic heterocycles. The number of thiocarbonyl (C=S) groups is 1. The Morgan fingerprint density at radius 2 is 1.88 bits per heavy atom. The van der Waals surface area contributed by atoms with Gasteiger partial charge >= 0.3 is 0 Å². The van der Waals surface area contributed by atoms with Crippen LogP contribution in [0.2, 0.25) is 5.02 Å². The molecule has 1 aliphatic rings. The summed E-state index contributed by atoms with van der Waals surface area (Å²) >= 11 is 13.7. The smallest absolute Gasteiger partial charge is 0.194 e. The normalized spacial score (nSPS) is 17.9. The number of aromatic hydroxyl groups is 1. The molecule has 34 heavy (non-hydrogen) atoms. The maximum atomic E-state index is 10.7. The SMILES string of the molecule is Oc1ccc(Cl)cc1N1C(=S)N[C@H](c2ccccn2)[C@H]1c1cccn1-c1nc2ccccc2s1. The van der Waals surface area contributed by atoms with Gasteiger partial charge in [0.2, 0.25) is 0 Å². The molecule has 0 aliphatic carbocycles. The zero-order valence-corrected chi connectivity index (χ0v) is 20.1. The summed E-state index contributed by atoms with van der Waals surface area (Å²) < 4.78 is 3.19. The van der Waals surface area contributed by atoms with Crippen LogP contribution in [0, 0.1) is 0 Å². The molecule has 0 radical (unpaired) electrons. The number of rotatable bonds is 4. The number of nitrogens with one attached hydrogen (secondary N) is 1. The summed E-state index contributed by atoms with van der Waals surface area (Å²) in [5, 5.41) is 16.0. The second-order valence-electron chi connectivity index (χ2n) is 7.90. The van der Waals surface area contributed by atoms with Crippen LogP contribution < -0.4 is 10.2 Å². The second kappa shape index (κ2) is 8.39. The largest absolute Gasteiger partial charge is 0.506 e. The van der Waals surface area contributed by atoms with Crippen molar-refractivity contribution in [3.63, 3.8) is 0 Å². The molecule has 2 aromatic carbocycles. The van der Waals surface area contributed by atoms with Gasteiger partial charge in [-0.2, -0.15) is 0 Å². The van der Waals surface area contributed by atoms with E-state index in [-0.39, 0.29) is 17.8 Å². The maximum Gasteiger partial charge on any atom is 0.194 e. The van der Waals surface area contributed by atoms with Crippen molar-refractivity contribution in [1.82, 2.24) is 19.9 Å². The molecule has 5 aromatic rings. The number of nitrogens with zero attached hydrogens (tertiary/aromatic N) is 4. The van der Waals surface area contributed by atoms with Crippen LogP contribution in [0.25, 0.3) is 15.3 Å². The lowest BCUT2D eigenvalue weighted by Gasteiger charge is -2.29. The van der Waals surface area contributed by atoms with Gasteiger partial charge in [0.25, 0.3) is 0 Å². The lowest BCUT2D eigenvalue weighted by Crippen LogP contribution is -2.30. The molecule has 1 fully saturated rings. The number of phenolic OH excluding ortho intramolecular Hbond substituents is 1. The average Bonchev–Trinajstić information content (AvgIpc) is 3.57. The van der Waals surface area contributed by atoms with E-state index in [4.69, 9.17) is 28.8 Å². The molecule has 2 atom stereocenters. The summed E-state index contributed by atoms with van der Waals surface area (Å²) in [6, 6.07) is 22.3. The van der Waals surface area contributed by atoms with Gasteiger partial charge in [-0.25, -0.2) is 4.98 Å². The van der Waals surface area contributed by atoms with Crippen LogP contribution in [-0.4, -0.2) is 24.8 Å². The van der Waals surface area contributed by atoms with Crippen molar-refractivity contribution < 1.29 is 5.11 Å². The molecule has 3 aromatic heterocycles. The van der Waals surface area contributed by atoms with Crippen molar-refractivity contribution >= 4 is 56.2 Å². The third kappa shape index (κ3) is 3.51. The first-order valence-electron chi connectivity index (χ1n) is 10.6. The fourth-order valence-electron chi connectivity index (χ4n) is 4.38. The van der Waals surface area contributed by atoms with Crippen LogP contribution in [0.5, 0.6) is 5.75 Å². The number of hydrogen-bond acceptors (Lipinski definition) is 5. The molecule has 0 saturated carbocycles. The number of fused-ring (bicyclic) bond motifs is 1. The Bertz CT molecular complexity index is 1480. The zero-order chi connectivity index (χ0) is 23.2. The van der Waals surface area contributed by atoms with Gasteiger partial charge in [0.1, 0.15) is 11.8 Å². The monoisotopic (exact) mass is 503 g/mol. The Morgan fingerprint density at radius 3 is 2.71 bits per heavy atom. The fraction of sp³-hybridized carbons (Fsp3) is 0.0800. The number of anilines is 1. The van der Waals surface area contributed by atoms with Crippen LogP contribution in [0.4, 0.5) is 5.69 Å². The Kier molecular flexibility index (Phi) is 5.21. The van der Waals surface area contributed by atoms with E-state index in [9.17, 15) is 5.11 Å². The number of para-hydroxylation sites is 1. The highest BCUT2D eigenvalue weighted by molar-refractivity contribution is 7.80. The van der Waals surface area contributed by atoms with Crippen LogP contribution in [-0.2, 0) is 0 Å². The molecular weight excluding hydrogens is 486 g/mol. The van der Waals surface area contributed by atoms with Gasteiger partial charge in [-0.3, -0.25) is 9.55 Å². The van der Waals surface area contributed by atoms with Gasteiger partial charge < -0.3 is 15.3 Å². The Morgan fingerprint density at radius 1 is 1.03 bits per heavy atom. The van der Waals surface area contributed by atoms with Gasteiger partial charge in [-0.15, -0.1) is 0 Å². The molecule has 0 amide bonds.